The molecule has 0 aliphatic heterocycles. The van der Waals surface area contributed by atoms with Crippen molar-refractivity contribution in [2.24, 2.45) is 5.41 Å². The van der Waals surface area contributed by atoms with Crippen molar-refractivity contribution in [3.8, 4) is 18.0 Å². The summed E-state index contributed by atoms with van der Waals surface area (Å²) in [4.78, 5) is 8.46. The molecule has 0 amide bonds. The second kappa shape index (κ2) is 10.4. The number of anilines is 2. The minimum atomic E-state index is -0.627. The molecule has 1 saturated carbocycles. The van der Waals surface area contributed by atoms with Crippen molar-refractivity contribution in [3.63, 3.8) is 0 Å². The molecule has 11 heteroatoms. The van der Waals surface area contributed by atoms with Gasteiger partial charge in [0.05, 0.1) is 35.5 Å². The first kappa shape index (κ1) is 26.8. The predicted molar refractivity (Wildman–Crippen MR) is 148 cm³/mol. The Morgan fingerprint density at radius 1 is 1.18 bits per heavy atom. The minimum absolute atomic E-state index is 0.0572. The molecule has 1 aromatic carbocycles. The number of hydrogen-bond donors (Lipinski definition) is 2. The van der Waals surface area contributed by atoms with E-state index in [0.29, 0.717) is 62.8 Å². The van der Waals surface area contributed by atoms with Crippen LogP contribution in [0.2, 0.25) is 0 Å². The molecule has 0 radical (unpaired) electrons. The van der Waals surface area contributed by atoms with E-state index in [0.717, 1.165) is 12.8 Å². The molecule has 0 spiro atoms. The molecule has 2 N–H and O–H groups in total. The average Bonchev–Trinajstić information content (AvgIpc) is 3.68. The molecule has 40 heavy (non-hydrogen) atoms. The highest BCUT2D eigenvalue weighted by molar-refractivity contribution is 5.99. The second-order valence-electron chi connectivity index (χ2n) is 11.2. The summed E-state index contributed by atoms with van der Waals surface area (Å²) in [7, 11) is 1.57. The molecule has 204 valence electrons. The lowest BCUT2D eigenvalue weighted by molar-refractivity contribution is 0.356. The maximum Gasteiger partial charge on any atom is 0.238 e. The lowest BCUT2D eigenvalue weighted by atomic mass is 9.96. The van der Waals surface area contributed by atoms with Gasteiger partial charge < -0.3 is 15.4 Å². The number of fused-ring (bicyclic) bond motifs is 1. The number of hydrogen-bond acceptors (Lipinski definition) is 9. The van der Waals surface area contributed by atoms with E-state index < -0.39 is 12.0 Å². The summed E-state index contributed by atoms with van der Waals surface area (Å²) >= 11 is 0. The summed E-state index contributed by atoms with van der Waals surface area (Å²) in [5.41, 5.74) is 3.99. The quantitative estimate of drug-likeness (QED) is 0.281. The number of benzene rings is 1. The SMILES string of the molecule is COc1c(C(Nc2cc(C#N)c3ncc(C#N)c(NCC(C)(C)C)c3c2)c2ccc(F)nc2C)nnn1C1CC1. The van der Waals surface area contributed by atoms with Crippen LogP contribution in [0.5, 0.6) is 5.88 Å². The third-order valence-electron chi connectivity index (χ3n) is 6.76. The number of halogens is 1. The van der Waals surface area contributed by atoms with E-state index in [1.54, 1.807) is 30.8 Å². The van der Waals surface area contributed by atoms with Crippen molar-refractivity contribution >= 4 is 22.3 Å². The van der Waals surface area contributed by atoms with E-state index >= 15 is 0 Å². The number of methoxy groups -OCH3 is 1. The Balaban J connectivity index is 1.67. The highest BCUT2D eigenvalue weighted by Crippen LogP contribution is 2.41. The molecule has 1 fully saturated rings. The summed E-state index contributed by atoms with van der Waals surface area (Å²) < 4.78 is 21.5. The summed E-state index contributed by atoms with van der Waals surface area (Å²) in [5, 5.41) is 36.2. The van der Waals surface area contributed by atoms with Gasteiger partial charge in [-0.05, 0) is 43.4 Å². The Morgan fingerprint density at radius 3 is 2.55 bits per heavy atom. The van der Waals surface area contributed by atoms with Gasteiger partial charge >= 0.3 is 0 Å². The minimum Gasteiger partial charge on any atom is -0.480 e. The van der Waals surface area contributed by atoms with Crippen LogP contribution < -0.4 is 15.4 Å². The Bertz CT molecular complexity index is 1670. The van der Waals surface area contributed by atoms with Gasteiger partial charge in [0, 0.05) is 35.1 Å². The van der Waals surface area contributed by atoms with Crippen LogP contribution in [-0.4, -0.2) is 38.6 Å². The van der Waals surface area contributed by atoms with Gasteiger partial charge in [0.1, 0.15) is 18.2 Å². The highest BCUT2D eigenvalue weighted by atomic mass is 19.1. The number of pyridine rings is 2. The van der Waals surface area contributed by atoms with E-state index in [4.69, 9.17) is 4.74 Å². The summed E-state index contributed by atoms with van der Waals surface area (Å²) in [5.74, 6) is -0.0817. The third kappa shape index (κ3) is 5.23. The van der Waals surface area contributed by atoms with Gasteiger partial charge in [-0.25, -0.2) is 9.67 Å². The van der Waals surface area contributed by atoms with Gasteiger partial charge in [-0.2, -0.15) is 14.9 Å². The Kier molecular flexibility index (Phi) is 6.99. The van der Waals surface area contributed by atoms with Gasteiger partial charge in [-0.1, -0.05) is 32.1 Å². The predicted octanol–water partition coefficient (Wildman–Crippen LogP) is 5.42. The molecule has 0 bridgehead atoms. The van der Waals surface area contributed by atoms with Crippen LogP contribution in [-0.2, 0) is 0 Å². The van der Waals surface area contributed by atoms with Crippen molar-refractivity contribution in [2.45, 2.75) is 52.6 Å². The molecule has 0 saturated heterocycles. The molecule has 1 aliphatic carbocycles. The van der Waals surface area contributed by atoms with E-state index in [-0.39, 0.29) is 11.5 Å². The van der Waals surface area contributed by atoms with Crippen molar-refractivity contribution in [2.75, 3.05) is 24.3 Å². The first-order chi connectivity index (χ1) is 19.1. The Labute approximate surface area is 231 Å². The standard InChI is InChI=1S/C29H30FN9O/c1-16-21(8-9-23(30)35-16)26(27-28(40-5)39(38-37-27)20-6-7-20)36-19-10-17(12-31)24-22(11-19)25(18(13-32)14-33-24)34-15-29(2,3)4/h8-11,14,20,26,36H,6-7,15H2,1-5H3,(H,33,34). The lowest BCUT2D eigenvalue weighted by Crippen LogP contribution is -2.20. The molecule has 5 rings (SSSR count). The lowest BCUT2D eigenvalue weighted by Gasteiger charge is -2.23. The molecular formula is C29H30FN9O. The van der Waals surface area contributed by atoms with Crippen LogP contribution in [0.25, 0.3) is 10.9 Å². The fraction of sp³-hybridized carbons (Fsp3) is 0.379. The molecule has 1 unspecified atom stereocenters. The van der Waals surface area contributed by atoms with Crippen molar-refractivity contribution < 1.29 is 9.13 Å². The fourth-order valence-corrected chi connectivity index (χ4v) is 4.64. The Morgan fingerprint density at radius 2 is 1.93 bits per heavy atom. The number of ether oxygens (including phenoxy) is 1. The maximum absolute atomic E-state index is 14.0. The molecular weight excluding hydrogens is 509 g/mol. The van der Waals surface area contributed by atoms with Crippen LogP contribution in [0, 0.1) is 40.9 Å². The third-order valence-corrected chi connectivity index (χ3v) is 6.76. The van der Waals surface area contributed by atoms with E-state index in [1.807, 2.05) is 6.07 Å². The number of rotatable bonds is 8. The van der Waals surface area contributed by atoms with Gasteiger partial charge in [-0.3, -0.25) is 4.98 Å². The zero-order valence-electron chi connectivity index (χ0n) is 23.1. The van der Waals surface area contributed by atoms with Crippen LogP contribution in [0.3, 0.4) is 0 Å². The number of aromatic nitrogens is 5. The average molecular weight is 540 g/mol. The molecule has 1 aliphatic rings. The van der Waals surface area contributed by atoms with Crippen molar-refractivity contribution in [1.29, 1.82) is 10.5 Å². The number of nitriles is 2. The zero-order valence-corrected chi connectivity index (χ0v) is 23.1. The van der Waals surface area contributed by atoms with Crippen LogP contribution in [0.1, 0.15) is 73.8 Å². The van der Waals surface area contributed by atoms with Gasteiger partial charge in [-0.15, -0.1) is 5.10 Å². The maximum atomic E-state index is 14.0. The van der Waals surface area contributed by atoms with Gasteiger partial charge in [0.15, 0.2) is 5.69 Å². The van der Waals surface area contributed by atoms with Crippen molar-refractivity contribution in [1.82, 2.24) is 25.0 Å². The van der Waals surface area contributed by atoms with E-state index in [9.17, 15) is 14.9 Å². The number of nitrogens with zero attached hydrogens (tertiary/aromatic N) is 7. The highest BCUT2D eigenvalue weighted by Gasteiger charge is 2.33. The first-order valence-corrected chi connectivity index (χ1v) is 13.0. The second-order valence-corrected chi connectivity index (χ2v) is 11.2. The van der Waals surface area contributed by atoms with Crippen LogP contribution in [0.15, 0.2) is 30.5 Å². The summed E-state index contributed by atoms with van der Waals surface area (Å²) in [6.45, 7) is 8.60. The van der Waals surface area contributed by atoms with E-state index in [2.05, 4.69) is 63.8 Å². The summed E-state index contributed by atoms with van der Waals surface area (Å²) in [6, 6.07) is 10.6. The molecule has 4 aromatic rings. The molecule has 1 atom stereocenters. The number of nitrogens with one attached hydrogen (secondary N) is 2. The van der Waals surface area contributed by atoms with Crippen molar-refractivity contribution in [3.05, 3.63) is 64.5 Å². The first-order valence-electron chi connectivity index (χ1n) is 13.0. The molecule has 10 nitrogen and oxygen atoms in total. The van der Waals surface area contributed by atoms with Crippen LogP contribution >= 0.6 is 0 Å². The zero-order chi connectivity index (χ0) is 28.6. The smallest absolute Gasteiger partial charge is 0.238 e. The molecule has 3 heterocycles. The monoisotopic (exact) mass is 539 g/mol. The topological polar surface area (TPSA) is 137 Å². The number of aryl methyl sites for hydroxylation is 1. The van der Waals surface area contributed by atoms with E-state index in [1.165, 1.54) is 12.3 Å². The fourth-order valence-electron chi connectivity index (χ4n) is 4.64. The van der Waals surface area contributed by atoms with Gasteiger partial charge in [0.25, 0.3) is 0 Å². The molecule has 3 aromatic heterocycles. The Hall–Kier alpha value is -4.77. The summed E-state index contributed by atoms with van der Waals surface area (Å²) in [6.07, 6.45) is 3.46. The largest absolute Gasteiger partial charge is 0.480 e. The van der Waals surface area contributed by atoms with Gasteiger partial charge in [0.2, 0.25) is 11.8 Å². The normalized spacial score (nSPS) is 13.9. The van der Waals surface area contributed by atoms with Crippen LogP contribution in [0.4, 0.5) is 15.8 Å².